The molecule has 20 heavy (non-hydrogen) atoms. The normalized spacial score (nSPS) is 11.4. The molecule has 1 aromatic carbocycles. The van der Waals surface area contributed by atoms with Crippen molar-refractivity contribution in [3.8, 4) is 0 Å². The van der Waals surface area contributed by atoms with Crippen LogP contribution in [0, 0.1) is 6.92 Å². The Bertz CT molecular complexity index is 734. The van der Waals surface area contributed by atoms with Crippen molar-refractivity contribution in [2.24, 2.45) is 0 Å². The summed E-state index contributed by atoms with van der Waals surface area (Å²) in [5.74, 6) is -1.16. The second-order valence-electron chi connectivity index (χ2n) is 4.17. The number of hydrogen-bond donors (Lipinski definition) is 2. The van der Waals surface area contributed by atoms with Crippen LogP contribution in [-0.4, -0.2) is 19.5 Å². The predicted octanol–water partition coefficient (Wildman–Crippen LogP) is 2.23. The minimum atomic E-state index is -3.71. The van der Waals surface area contributed by atoms with Gasteiger partial charge < -0.3 is 5.11 Å². The predicted molar refractivity (Wildman–Crippen MR) is 76.5 cm³/mol. The Labute approximate surface area is 120 Å². The van der Waals surface area contributed by atoms with Crippen LogP contribution in [-0.2, 0) is 16.6 Å². The second-order valence-corrected chi connectivity index (χ2v) is 7.31. The fourth-order valence-electron chi connectivity index (χ4n) is 1.63. The summed E-state index contributed by atoms with van der Waals surface area (Å²) < 4.78 is 26.6. The molecule has 0 amide bonds. The third kappa shape index (κ3) is 3.44. The number of sulfonamides is 1. The first-order chi connectivity index (χ1) is 9.38. The van der Waals surface area contributed by atoms with Crippen molar-refractivity contribution < 1.29 is 18.3 Å². The number of rotatable bonds is 5. The van der Waals surface area contributed by atoms with Crippen LogP contribution in [0.2, 0.25) is 0 Å². The van der Waals surface area contributed by atoms with Crippen molar-refractivity contribution in [1.82, 2.24) is 4.72 Å². The minimum Gasteiger partial charge on any atom is -0.478 e. The SMILES string of the molecule is Cc1ccc(CNS(=O)(=O)c2cccc(C(=O)O)c2)s1. The number of carboxylic acids is 1. The van der Waals surface area contributed by atoms with Gasteiger partial charge in [0, 0.05) is 16.3 Å². The summed E-state index contributed by atoms with van der Waals surface area (Å²) in [7, 11) is -3.71. The molecule has 2 N–H and O–H groups in total. The first-order valence-electron chi connectivity index (χ1n) is 5.77. The lowest BCUT2D eigenvalue weighted by molar-refractivity contribution is 0.0696. The molecular formula is C13H13NO4S2. The van der Waals surface area contributed by atoms with Crippen LogP contribution in [0.4, 0.5) is 0 Å². The maximum atomic E-state index is 12.1. The molecule has 0 atom stereocenters. The Morgan fingerprint density at radius 2 is 2.05 bits per heavy atom. The van der Waals surface area contributed by atoms with Crippen molar-refractivity contribution >= 4 is 27.3 Å². The van der Waals surface area contributed by atoms with Gasteiger partial charge in [-0.2, -0.15) is 0 Å². The number of hydrogen-bond acceptors (Lipinski definition) is 4. The quantitative estimate of drug-likeness (QED) is 0.887. The van der Waals surface area contributed by atoms with E-state index in [2.05, 4.69) is 4.72 Å². The molecule has 0 aliphatic carbocycles. The summed E-state index contributed by atoms with van der Waals surface area (Å²) in [6.45, 7) is 2.14. The maximum Gasteiger partial charge on any atom is 0.335 e. The molecule has 0 bridgehead atoms. The van der Waals surface area contributed by atoms with Crippen LogP contribution in [0.15, 0.2) is 41.3 Å². The molecule has 106 valence electrons. The van der Waals surface area contributed by atoms with E-state index in [9.17, 15) is 13.2 Å². The summed E-state index contributed by atoms with van der Waals surface area (Å²) in [4.78, 5) is 12.8. The van der Waals surface area contributed by atoms with Crippen molar-refractivity contribution in [1.29, 1.82) is 0 Å². The molecule has 0 radical (unpaired) electrons. The molecule has 0 spiro atoms. The lowest BCUT2D eigenvalue weighted by Crippen LogP contribution is -2.23. The van der Waals surface area contributed by atoms with Gasteiger partial charge in [0.25, 0.3) is 0 Å². The standard InChI is InChI=1S/C13H13NO4S2/c1-9-5-6-11(19-9)8-14-20(17,18)12-4-2-3-10(7-12)13(15)16/h2-7,14H,8H2,1H3,(H,15,16). The van der Waals surface area contributed by atoms with Gasteiger partial charge in [0.05, 0.1) is 10.5 Å². The average molecular weight is 311 g/mol. The molecule has 0 saturated carbocycles. The zero-order valence-electron chi connectivity index (χ0n) is 10.7. The molecule has 5 nitrogen and oxygen atoms in total. The zero-order valence-corrected chi connectivity index (χ0v) is 12.3. The molecular weight excluding hydrogens is 298 g/mol. The van der Waals surface area contributed by atoms with E-state index in [4.69, 9.17) is 5.11 Å². The molecule has 0 aliphatic rings. The number of carbonyl (C=O) groups is 1. The van der Waals surface area contributed by atoms with Crippen molar-refractivity contribution in [3.05, 3.63) is 51.7 Å². The lowest BCUT2D eigenvalue weighted by Gasteiger charge is -2.06. The highest BCUT2D eigenvalue weighted by Gasteiger charge is 2.16. The summed E-state index contributed by atoms with van der Waals surface area (Å²) in [5.41, 5.74) is -0.0557. The van der Waals surface area contributed by atoms with E-state index in [0.29, 0.717) is 0 Å². The molecule has 2 rings (SSSR count). The van der Waals surface area contributed by atoms with E-state index in [-0.39, 0.29) is 17.0 Å². The van der Waals surface area contributed by atoms with Crippen molar-refractivity contribution in [3.63, 3.8) is 0 Å². The van der Waals surface area contributed by atoms with Gasteiger partial charge in [-0.1, -0.05) is 6.07 Å². The summed E-state index contributed by atoms with van der Waals surface area (Å²) >= 11 is 1.51. The van der Waals surface area contributed by atoms with Crippen LogP contribution < -0.4 is 4.72 Å². The number of carboxylic acid groups (broad SMARTS) is 1. The largest absolute Gasteiger partial charge is 0.478 e. The van der Waals surface area contributed by atoms with Crippen LogP contribution >= 0.6 is 11.3 Å². The highest BCUT2D eigenvalue weighted by molar-refractivity contribution is 7.89. The summed E-state index contributed by atoms with van der Waals surface area (Å²) in [6.07, 6.45) is 0. The van der Waals surface area contributed by atoms with Gasteiger partial charge in [-0.15, -0.1) is 11.3 Å². The van der Waals surface area contributed by atoms with Crippen molar-refractivity contribution in [2.75, 3.05) is 0 Å². The van der Waals surface area contributed by atoms with Crippen LogP contribution in [0.3, 0.4) is 0 Å². The van der Waals surface area contributed by atoms with Gasteiger partial charge in [-0.05, 0) is 37.3 Å². The van der Waals surface area contributed by atoms with Crippen LogP contribution in [0.5, 0.6) is 0 Å². The average Bonchev–Trinajstić information content (AvgIpc) is 2.82. The molecule has 0 unspecified atom stereocenters. The summed E-state index contributed by atoms with van der Waals surface area (Å²) in [6, 6.07) is 9.05. The summed E-state index contributed by atoms with van der Waals surface area (Å²) in [5, 5.41) is 8.87. The Hall–Kier alpha value is -1.70. The van der Waals surface area contributed by atoms with E-state index in [1.54, 1.807) is 0 Å². The van der Waals surface area contributed by atoms with Gasteiger partial charge in [0.2, 0.25) is 10.0 Å². The van der Waals surface area contributed by atoms with E-state index < -0.39 is 16.0 Å². The fourth-order valence-corrected chi connectivity index (χ4v) is 3.60. The monoisotopic (exact) mass is 311 g/mol. The Morgan fingerprint density at radius 3 is 2.65 bits per heavy atom. The van der Waals surface area contributed by atoms with E-state index >= 15 is 0 Å². The fraction of sp³-hybridized carbons (Fsp3) is 0.154. The van der Waals surface area contributed by atoms with E-state index in [1.807, 2.05) is 19.1 Å². The molecule has 1 heterocycles. The van der Waals surface area contributed by atoms with Gasteiger partial charge >= 0.3 is 5.97 Å². The number of thiophene rings is 1. The smallest absolute Gasteiger partial charge is 0.335 e. The first-order valence-corrected chi connectivity index (χ1v) is 8.07. The van der Waals surface area contributed by atoms with Gasteiger partial charge in [0.15, 0.2) is 0 Å². The third-order valence-corrected chi connectivity index (χ3v) is 5.02. The highest BCUT2D eigenvalue weighted by atomic mass is 32.2. The number of aryl methyl sites for hydroxylation is 1. The lowest BCUT2D eigenvalue weighted by atomic mass is 10.2. The number of aromatic carboxylic acids is 1. The van der Waals surface area contributed by atoms with E-state index in [1.165, 1.54) is 29.5 Å². The number of benzene rings is 1. The number of nitrogens with one attached hydrogen (secondary N) is 1. The third-order valence-electron chi connectivity index (χ3n) is 2.62. The molecule has 0 aliphatic heterocycles. The molecule has 2 aromatic rings. The first kappa shape index (κ1) is 14.7. The molecule has 0 saturated heterocycles. The molecule has 1 aromatic heterocycles. The molecule has 0 fully saturated rings. The Morgan fingerprint density at radius 1 is 1.30 bits per heavy atom. The van der Waals surface area contributed by atoms with Gasteiger partial charge in [-0.3, -0.25) is 0 Å². The van der Waals surface area contributed by atoms with Crippen LogP contribution in [0.1, 0.15) is 20.1 Å². The second kappa shape index (κ2) is 5.74. The zero-order chi connectivity index (χ0) is 14.8. The Balaban J connectivity index is 2.17. The van der Waals surface area contributed by atoms with Crippen molar-refractivity contribution in [2.45, 2.75) is 18.4 Å². The Kier molecular flexibility index (Phi) is 4.22. The minimum absolute atomic E-state index is 0.0503. The van der Waals surface area contributed by atoms with E-state index in [0.717, 1.165) is 15.8 Å². The maximum absolute atomic E-state index is 12.1. The van der Waals surface area contributed by atoms with Gasteiger partial charge in [0.1, 0.15) is 0 Å². The highest BCUT2D eigenvalue weighted by Crippen LogP contribution is 2.16. The molecule has 7 heteroatoms. The van der Waals surface area contributed by atoms with Crippen LogP contribution in [0.25, 0.3) is 0 Å². The van der Waals surface area contributed by atoms with Gasteiger partial charge in [-0.25, -0.2) is 17.9 Å². The topological polar surface area (TPSA) is 83.5 Å².